The van der Waals surface area contributed by atoms with Crippen LogP contribution in [0.15, 0.2) is 45.3 Å². The number of amides is 3. The van der Waals surface area contributed by atoms with Crippen LogP contribution in [0.1, 0.15) is 5.56 Å². The largest absolute Gasteiger partial charge is 0.350 e. The molecule has 1 aromatic carbocycles. The minimum absolute atomic E-state index is 0.106. The molecule has 0 aliphatic carbocycles. The van der Waals surface area contributed by atoms with Crippen molar-refractivity contribution in [1.29, 1.82) is 0 Å². The zero-order chi connectivity index (χ0) is 12.5. The lowest BCUT2D eigenvalue weighted by molar-refractivity contribution is -0.113. The molecular weight excluding hydrogens is 232 g/mol. The molecule has 3 amide bonds. The van der Waals surface area contributed by atoms with E-state index in [0.29, 0.717) is 12.3 Å². The lowest BCUT2D eigenvalue weighted by atomic mass is 10.1. The summed E-state index contributed by atoms with van der Waals surface area (Å²) in [6.45, 7) is 0. The van der Waals surface area contributed by atoms with Crippen molar-refractivity contribution in [2.75, 3.05) is 0 Å². The molecule has 1 N–H and O–H groups in total. The summed E-state index contributed by atoms with van der Waals surface area (Å²) in [5.41, 5.74) is 1.15. The molecule has 0 radical (unpaired) electrons. The number of urea groups is 1. The number of benzene rings is 1. The summed E-state index contributed by atoms with van der Waals surface area (Å²) in [4.78, 5) is 34.3. The van der Waals surface area contributed by atoms with Gasteiger partial charge in [-0.15, -0.1) is 0 Å². The van der Waals surface area contributed by atoms with Gasteiger partial charge in [-0.1, -0.05) is 30.3 Å². The Labute approximate surface area is 102 Å². The fourth-order valence-corrected chi connectivity index (χ4v) is 1.75. The first-order valence-corrected chi connectivity index (χ1v) is 5.37. The molecule has 3 rings (SSSR count). The van der Waals surface area contributed by atoms with E-state index in [1.165, 1.54) is 0 Å². The Hall–Kier alpha value is -2.63. The molecule has 1 aromatic rings. The molecule has 0 spiro atoms. The quantitative estimate of drug-likeness (QED) is 0.826. The number of carbonyl (C=O) groups excluding carboxylic acids is 2. The summed E-state index contributed by atoms with van der Waals surface area (Å²) < 4.78 is 0. The SMILES string of the molecule is O=C1N=C2N=C(Cc3ccccc3)N=C2C(=O)N1. The van der Waals surface area contributed by atoms with E-state index in [1.54, 1.807) is 0 Å². The zero-order valence-corrected chi connectivity index (χ0v) is 9.25. The average Bonchev–Trinajstić information content (AvgIpc) is 2.73. The van der Waals surface area contributed by atoms with Gasteiger partial charge in [0.15, 0.2) is 11.5 Å². The van der Waals surface area contributed by atoms with E-state index < -0.39 is 11.9 Å². The number of imide groups is 1. The molecule has 0 aromatic heterocycles. The molecule has 88 valence electrons. The van der Waals surface area contributed by atoms with Crippen molar-refractivity contribution in [3.05, 3.63) is 35.9 Å². The maximum absolute atomic E-state index is 11.5. The molecule has 6 nitrogen and oxygen atoms in total. The topological polar surface area (TPSA) is 83.2 Å². The van der Waals surface area contributed by atoms with Crippen molar-refractivity contribution in [3.63, 3.8) is 0 Å². The van der Waals surface area contributed by atoms with Gasteiger partial charge < -0.3 is 0 Å². The lowest BCUT2D eigenvalue weighted by Crippen LogP contribution is -2.41. The third-order valence-corrected chi connectivity index (χ3v) is 2.54. The molecule has 0 saturated heterocycles. The Balaban J connectivity index is 1.89. The minimum atomic E-state index is -0.696. The molecule has 2 heterocycles. The monoisotopic (exact) mass is 240 g/mol. The third kappa shape index (κ3) is 1.84. The summed E-state index contributed by atoms with van der Waals surface area (Å²) in [5.74, 6) is 0.0475. The van der Waals surface area contributed by atoms with E-state index >= 15 is 0 Å². The van der Waals surface area contributed by atoms with Crippen molar-refractivity contribution in [2.24, 2.45) is 15.0 Å². The second-order valence-electron chi connectivity index (χ2n) is 3.85. The number of hydrogen-bond donors (Lipinski definition) is 1. The van der Waals surface area contributed by atoms with Crippen molar-refractivity contribution < 1.29 is 9.59 Å². The smallest absolute Gasteiger partial charge is 0.271 e. The predicted molar refractivity (Wildman–Crippen MR) is 66.0 cm³/mol. The molecule has 0 fully saturated rings. The Morgan fingerprint density at radius 1 is 1.00 bits per heavy atom. The van der Waals surface area contributed by atoms with E-state index in [1.807, 2.05) is 30.3 Å². The number of hydrogen-bond acceptors (Lipinski definition) is 4. The van der Waals surface area contributed by atoms with Crippen LogP contribution >= 0.6 is 0 Å². The van der Waals surface area contributed by atoms with Crippen LogP contribution in [0, 0.1) is 0 Å². The van der Waals surface area contributed by atoms with Crippen LogP contribution in [0.5, 0.6) is 0 Å². The second-order valence-corrected chi connectivity index (χ2v) is 3.85. The normalized spacial score (nSPS) is 17.7. The molecule has 0 unspecified atom stereocenters. The highest BCUT2D eigenvalue weighted by Crippen LogP contribution is 2.10. The van der Waals surface area contributed by atoms with Gasteiger partial charge in [0, 0.05) is 6.42 Å². The van der Waals surface area contributed by atoms with E-state index in [4.69, 9.17) is 0 Å². The first kappa shape index (κ1) is 10.5. The second kappa shape index (κ2) is 3.99. The van der Waals surface area contributed by atoms with Crippen LogP contribution in [-0.4, -0.2) is 29.3 Å². The minimum Gasteiger partial charge on any atom is -0.271 e. The van der Waals surface area contributed by atoms with Gasteiger partial charge >= 0.3 is 6.03 Å². The maximum Gasteiger partial charge on any atom is 0.350 e. The predicted octanol–water partition coefficient (Wildman–Crippen LogP) is 0.730. The van der Waals surface area contributed by atoms with Crippen molar-refractivity contribution >= 4 is 29.3 Å². The van der Waals surface area contributed by atoms with Gasteiger partial charge in [-0.05, 0) is 5.56 Å². The highest BCUT2D eigenvalue weighted by Gasteiger charge is 2.30. The van der Waals surface area contributed by atoms with E-state index in [-0.39, 0.29) is 11.5 Å². The van der Waals surface area contributed by atoms with Gasteiger partial charge in [-0.3, -0.25) is 10.1 Å². The van der Waals surface area contributed by atoms with Gasteiger partial charge in [-0.2, -0.15) is 4.99 Å². The van der Waals surface area contributed by atoms with E-state index in [9.17, 15) is 9.59 Å². The molecule has 2 aliphatic rings. The Kier molecular flexibility index (Phi) is 2.33. The number of fused-ring (bicyclic) bond motifs is 1. The van der Waals surface area contributed by atoms with Crippen LogP contribution < -0.4 is 5.32 Å². The number of aliphatic imine (C=N–C) groups is 3. The van der Waals surface area contributed by atoms with Gasteiger partial charge in [0.1, 0.15) is 5.84 Å². The molecule has 18 heavy (non-hydrogen) atoms. The van der Waals surface area contributed by atoms with Crippen molar-refractivity contribution in [2.45, 2.75) is 6.42 Å². The average molecular weight is 240 g/mol. The third-order valence-electron chi connectivity index (χ3n) is 2.54. The van der Waals surface area contributed by atoms with Gasteiger partial charge in [-0.25, -0.2) is 14.8 Å². The first-order valence-electron chi connectivity index (χ1n) is 5.37. The molecule has 2 aliphatic heterocycles. The summed E-state index contributed by atoms with van der Waals surface area (Å²) in [6, 6.07) is 8.94. The van der Waals surface area contributed by atoms with Crippen LogP contribution in [0.25, 0.3) is 0 Å². The summed E-state index contributed by atoms with van der Waals surface area (Å²) in [7, 11) is 0. The van der Waals surface area contributed by atoms with E-state index in [0.717, 1.165) is 5.56 Å². The van der Waals surface area contributed by atoms with Gasteiger partial charge in [0.2, 0.25) is 0 Å². The fourth-order valence-electron chi connectivity index (χ4n) is 1.75. The summed E-state index contributed by atoms with van der Waals surface area (Å²) in [5, 5.41) is 2.07. The molecule has 0 atom stereocenters. The first-order chi connectivity index (χ1) is 8.72. The van der Waals surface area contributed by atoms with Gasteiger partial charge in [0.05, 0.1) is 0 Å². The number of nitrogens with zero attached hydrogens (tertiary/aromatic N) is 3. The summed E-state index contributed by atoms with van der Waals surface area (Å²) in [6.07, 6.45) is 0.505. The highest BCUT2D eigenvalue weighted by atomic mass is 16.2. The van der Waals surface area contributed by atoms with Crippen LogP contribution in [-0.2, 0) is 11.2 Å². The molecule has 6 heteroatoms. The Morgan fingerprint density at radius 2 is 1.78 bits per heavy atom. The maximum atomic E-state index is 11.5. The van der Waals surface area contributed by atoms with Gasteiger partial charge in [0.25, 0.3) is 5.91 Å². The Bertz CT molecular complexity index is 629. The molecular formula is C12H8N4O2. The number of nitrogens with one attached hydrogen (secondary N) is 1. The fraction of sp³-hybridized carbons (Fsp3) is 0.0833. The molecule has 0 bridgehead atoms. The number of amidine groups is 2. The van der Waals surface area contributed by atoms with Crippen molar-refractivity contribution in [3.8, 4) is 0 Å². The number of carbonyl (C=O) groups is 2. The number of rotatable bonds is 2. The van der Waals surface area contributed by atoms with Crippen LogP contribution in [0.2, 0.25) is 0 Å². The zero-order valence-electron chi connectivity index (χ0n) is 9.25. The van der Waals surface area contributed by atoms with Crippen LogP contribution in [0.4, 0.5) is 4.79 Å². The van der Waals surface area contributed by atoms with Crippen molar-refractivity contribution in [1.82, 2.24) is 5.32 Å². The van der Waals surface area contributed by atoms with Crippen LogP contribution in [0.3, 0.4) is 0 Å². The highest BCUT2D eigenvalue weighted by molar-refractivity contribution is 6.72. The van der Waals surface area contributed by atoms with E-state index in [2.05, 4.69) is 20.3 Å². The summed E-state index contributed by atoms with van der Waals surface area (Å²) >= 11 is 0. The Morgan fingerprint density at radius 3 is 2.56 bits per heavy atom. The standard InChI is InChI=1S/C12H8N4O2/c17-11-9-10(15-12(18)16-11)14-8(13-9)6-7-4-2-1-3-5-7/h1-5H,6H2,(H,16,17,18). The lowest BCUT2D eigenvalue weighted by Gasteiger charge is -2.05. The molecule has 0 saturated carbocycles.